The van der Waals surface area contributed by atoms with E-state index in [1.807, 2.05) is 0 Å². The summed E-state index contributed by atoms with van der Waals surface area (Å²) in [6, 6.07) is 0. The number of piperazine rings is 1. The second kappa shape index (κ2) is 5.92. The molecule has 18 heavy (non-hydrogen) atoms. The maximum atomic E-state index is 3.77. The minimum Gasteiger partial charge on any atom is -0.309 e. The lowest BCUT2D eigenvalue weighted by Gasteiger charge is -2.47. The zero-order valence-corrected chi connectivity index (χ0v) is 12.7. The van der Waals surface area contributed by atoms with Crippen molar-refractivity contribution >= 4 is 0 Å². The average molecular weight is 252 g/mol. The summed E-state index contributed by atoms with van der Waals surface area (Å²) in [5.41, 5.74) is 0.992. The third kappa shape index (κ3) is 3.27. The van der Waals surface area contributed by atoms with Crippen LogP contribution in [0.25, 0.3) is 0 Å². The van der Waals surface area contributed by atoms with Crippen LogP contribution in [0.4, 0.5) is 0 Å². The van der Waals surface area contributed by atoms with Gasteiger partial charge < -0.3 is 5.32 Å². The summed E-state index contributed by atoms with van der Waals surface area (Å²) in [4.78, 5) is 2.74. The van der Waals surface area contributed by atoms with E-state index < -0.39 is 0 Å². The Labute approximate surface area is 114 Å². The average Bonchev–Trinajstić information content (AvgIpc) is 2.39. The van der Waals surface area contributed by atoms with E-state index >= 15 is 0 Å². The normalized spacial score (nSPS) is 28.2. The summed E-state index contributed by atoms with van der Waals surface area (Å²) in [7, 11) is 0. The third-order valence-corrected chi connectivity index (χ3v) is 5.47. The van der Waals surface area contributed by atoms with Crippen molar-refractivity contribution in [2.24, 2.45) is 5.41 Å². The van der Waals surface area contributed by atoms with Crippen LogP contribution in [0.5, 0.6) is 0 Å². The monoisotopic (exact) mass is 252 g/mol. The van der Waals surface area contributed by atoms with Gasteiger partial charge in [0.15, 0.2) is 0 Å². The Morgan fingerprint density at radius 1 is 1.06 bits per heavy atom. The predicted octanol–water partition coefficient (Wildman–Crippen LogP) is 3.42. The van der Waals surface area contributed by atoms with Crippen molar-refractivity contribution in [2.75, 3.05) is 26.2 Å². The molecule has 2 aliphatic rings. The van der Waals surface area contributed by atoms with Crippen LogP contribution in [-0.4, -0.2) is 36.6 Å². The van der Waals surface area contributed by atoms with E-state index in [0.29, 0.717) is 11.0 Å². The van der Waals surface area contributed by atoms with Crippen molar-refractivity contribution in [3.8, 4) is 0 Å². The highest BCUT2D eigenvalue weighted by molar-refractivity contribution is 4.94. The molecule has 2 fully saturated rings. The van der Waals surface area contributed by atoms with Gasteiger partial charge in [0.1, 0.15) is 0 Å². The van der Waals surface area contributed by atoms with Gasteiger partial charge in [0.25, 0.3) is 0 Å². The van der Waals surface area contributed by atoms with Crippen LogP contribution >= 0.6 is 0 Å². The number of hydrogen-bond donors (Lipinski definition) is 1. The molecule has 1 aliphatic carbocycles. The topological polar surface area (TPSA) is 15.3 Å². The van der Waals surface area contributed by atoms with Gasteiger partial charge in [-0.05, 0) is 31.1 Å². The van der Waals surface area contributed by atoms with E-state index in [0.717, 1.165) is 0 Å². The van der Waals surface area contributed by atoms with Gasteiger partial charge in [0, 0.05) is 31.7 Å². The van der Waals surface area contributed by atoms with Gasteiger partial charge in [0.05, 0.1) is 0 Å². The molecule has 1 heterocycles. The largest absolute Gasteiger partial charge is 0.309 e. The van der Waals surface area contributed by atoms with Gasteiger partial charge in [0.2, 0.25) is 0 Å². The Morgan fingerprint density at radius 2 is 1.72 bits per heavy atom. The predicted molar refractivity (Wildman–Crippen MR) is 78.9 cm³/mol. The van der Waals surface area contributed by atoms with Gasteiger partial charge >= 0.3 is 0 Å². The van der Waals surface area contributed by atoms with Crippen molar-refractivity contribution in [2.45, 2.75) is 71.3 Å². The van der Waals surface area contributed by atoms with Crippen molar-refractivity contribution in [1.29, 1.82) is 0 Å². The van der Waals surface area contributed by atoms with E-state index in [4.69, 9.17) is 0 Å². The van der Waals surface area contributed by atoms with Crippen molar-refractivity contribution < 1.29 is 0 Å². The van der Waals surface area contributed by atoms with Crippen LogP contribution in [0.3, 0.4) is 0 Å². The molecule has 2 nitrogen and oxygen atoms in total. The summed E-state index contributed by atoms with van der Waals surface area (Å²) in [5.74, 6) is 0. The molecule has 1 aliphatic heterocycles. The Morgan fingerprint density at radius 3 is 2.33 bits per heavy atom. The number of hydrogen-bond acceptors (Lipinski definition) is 2. The van der Waals surface area contributed by atoms with Crippen LogP contribution in [0.15, 0.2) is 0 Å². The zero-order chi connectivity index (χ0) is 13.1. The molecule has 0 unspecified atom stereocenters. The van der Waals surface area contributed by atoms with Crippen LogP contribution in [0, 0.1) is 5.41 Å². The smallest absolute Gasteiger partial charge is 0.0304 e. The molecule has 0 aromatic heterocycles. The Kier molecular flexibility index (Phi) is 4.71. The second-order valence-corrected chi connectivity index (χ2v) is 7.00. The Bertz CT molecular complexity index is 252. The van der Waals surface area contributed by atoms with Crippen LogP contribution in [0.1, 0.15) is 65.7 Å². The maximum Gasteiger partial charge on any atom is 0.0304 e. The van der Waals surface area contributed by atoms with Gasteiger partial charge in [-0.3, -0.25) is 4.90 Å². The van der Waals surface area contributed by atoms with Crippen molar-refractivity contribution in [1.82, 2.24) is 10.2 Å². The summed E-state index contributed by atoms with van der Waals surface area (Å²) in [6.07, 6.45) is 9.79. The summed E-state index contributed by atoms with van der Waals surface area (Å²) in [5, 5.41) is 3.77. The molecule has 2 rings (SSSR count). The summed E-state index contributed by atoms with van der Waals surface area (Å²) < 4.78 is 0. The molecule has 0 aromatic carbocycles. The highest BCUT2D eigenvalue weighted by Crippen LogP contribution is 2.37. The highest BCUT2D eigenvalue weighted by Gasteiger charge is 2.35. The van der Waals surface area contributed by atoms with Crippen molar-refractivity contribution in [3.05, 3.63) is 0 Å². The first-order valence-corrected chi connectivity index (χ1v) is 8.09. The van der Waals surface area contributed by atoms with Crippen molar-refractivity contribution in [3.63, 3.8) is 0 Å². The molecule has 2 heteroatoms. The number of nitrogens with zero attached hydrogens (tertiary/aromatic N) is 1. The molecule has 0 bridgehead atoms. The Hall–Kier alpha value is -0.0800. The molecule has 1 N–H and O–H groups in total. The van der Waals surface area contributed by atoms with Gasteiger partial charge in [-0.25, -0.2) is 0 Å². The number of rotatable bonds is 4. The molecular formula is C16H32N2. The fraction of sp³-hybridized carbons (Fsp3) is 1.00. The maximum absolute atomic E-state index is 3.77. The molecule has 0 atom stereocenters. The minimum absolute atomic E-state index is 0.392. The number of nitrogens with one attached hydrogen (secondary N) is 1. The quantitative estimate of drug-likeness (QED) is 0.825. The van der Waals surface area contributed by atoms with Crippen LogP contribution in [-0.2, 0) is 0 Å². The Balaban J connectivity index is 1.92. The molecule has 106 valence electrons. The van der Waals surface area contributed by atoms with Gasteiger partial charge in [-0.15, -0.1) is 0 Å². The standard InChI is InChI=1S/C16H32N2/c1-4-16(5-2)14-18(12-11-17-16)13-15(3)9-7-6-8-10-15/h17H,4-14H2,1-3H3. The first-order chi connectivity index (χ1) is 8.61. The fourth-order valence-corrected chi connectivity index (χ4v) is 4.00. The lowest BCUT2D eigenvalue weighted by molar-refractivity contribution is 0.0643. The third-order valence-electron chi connectivity index (χ3n) is 5.47. The van der Waals surface area contributed by atoms with Crippen LogP contribution < -0.4 is 5.32 Å². The summed E-state index contributed by atoms with van der Waals surface area (Å²) >= 11 is 0. The minimum atomic E-state index is 0.392. The first-order valence-electron chi connectivity index (χ1n) is 8.09. The molecule has 1 saturated heterocycles. The second-order valence-electron chi connectivity index (χ2n) is 7.00. The van der Waals surface area contributed by atoms with Crippen LogP contribution in [0.2, 0.25) is 0 Å². The molecule has 0 amide bonds. The zero-order valence-electron chi connectivity index (χ0n) is 12.7. The van der Waals surface area contributed by atoms with E-state index in [1.165, 1.54) is 71.1 Å². The first kappa shape index (κ1) is 14.3. The SMILES string of the molecule is CCC1(CC)CN(CC2(C)CCCCC2)CCN1. The lowest BCUT2D eigenvalue weighted by Crippen LogP contribution is -2.61. The molecule has 1 saturated carbocycles. The van der Waals surface area contributed by atoms with E-state index in [-0.39, 0.29) is 0 Å². The fourth-order valence-electron chi connectivity index (χ4n) is 4.00. The summed E-state index contributed by atoms with van der Waals surface area (Å²) in [6.45, 7) is 12.2. The van der Waals surface area contributed by atoms with E-state index in [1.54, 1.807) is 0 Å². The molecular weight excluding hydrogens is 220 g/mol. The lowest BCUT2D eigenvalue weighted by atomic mass is 9.75. The van der Waals surface area contributed by atoms with Gasteiger partial charge in [-0.2, -0.15) is 0 Å². The molecule has 0 spiro atoms. The van der Waals surface area contributed by atoms with E-state index in [2.05, 4.69) is 31.0 Å². The van der Waals surface area contributed by atoms with Gasteiger partial charge in [-0.1, -0.05) is 40.0 Å². The van der Waals surface area contributed by atoms with E-state index in [9.17, 15) is 0 Å². The highest BCUT2D eigenvalue weighted by atomic mass is 15.2. The molecule has 0 radical (unpaired) electrons. The molecule has 0 aromatic rings.